The van der Waals surface area contributed by atoms with Crippen molar-refractivity contribution in [2.45, 2.75) is 309 Å². The Kier molecular flexibility index (Phi) is 59.8. The standard InChI is InChI=1S/C69H118O6/c1-4-7-10-13-16-19-22-25-28-30-32-33-34-35-37-38-41-44-47-50-53-56-59-62-68(71)74-65-66(64-73-67(70)61-58-55-52-49-46-43-40-27-24-21-18-15-12-9-6-3)75-69(72)63-60-57-54-51-48-45-42-39-36-31-29-26-23-20-17-14-11-8-5-2/h17-18,20-22,25-27,29-30,32,34-36,39-40,66H,4-16,19,23-24,28,31,33,37-38,41-65H2,1-3H3/b20-17-,21-18-,25-22-,29-26-,32-30-,35-34-,39-36-,40-27-. The van der Waals surface area contributed by atoms with Crippen LogP contribution in [-0.4, -0.2) is 37.2 Å². The largest absolute Gasteiger partial charge is 0.462 e. The average Bonchev–Trinajstić information content (AvgIpc) is 3.41. The average molecular weight is 1040 g/mol. The smallest absolute Gasteiger partial charge is 0.306 e. The van der Waals surface area contributed by atoms with Crippen molar-refractivity contribution in [1.82, 2.24) is 0 Å². The summed E-state index contributed by atoms with van der Waals surface area (Å²) in [4.78, 5) is 38.3. The zero-order valence-electron chi connectivity index (χ0n) is 49.3. The number of ether oxygens (including phenoxy) is 3. The van der Waals surface area contributed by atoms with Gasteiger partial charge in [-0.05, 0) is 128 Å². The first-order chi connectivity index (χ1) is 37.0. The minimum atomic E-state index is -0.796. The second-order valence-electron chi connectivity index (χ2n) is 21.0. The fourth-order valence-corrected chi connectivity index (χ4v) is 8.72. The maximum absolute atomic E-state index is 12.9. The summed E-state index contributed by atoms with van der Waals surface area (Å²) in [6.45, 7) is 6.57. The Morgan fingerprint density at radius 3 is 0.773 bits per heavy atom. The molecule has 1 atom stereocenters. The lowest BCUT2D eigenvalue weighted by Crippen LogP contribution is -2.30. The predicted molar refractivity (Wildman–Crippen MR) is 325 cm³/mol. The van der Waals surface area contributed by atoms with Gasteiger partial charge in [-0.2, -0.15) is 0 Å². The van der Waals surface area contributed by atoms with E-state index in [1.165, 1.54) is 135 Å². The van der Waals surface area contributed by atoms with Crippen LogP contribution in [0.3, 0.4) is 0 Å². The van der Waals surface area contributed by atoms with Crippen LogP contribution in [0.1, 0.15) is 303 Å². The molecule has 0 aliphatic heterocycles. The van der Waals surface area contributed by atoms with Crippen LogP contribution in [0.5, 0.6) is 0 Å². The number of unbranched alkanes of at least 4 members (excludes halogenated alkanes) is 30. The Labute approximate surface area is 464 Å². The van der Waals surface area contributed by atoms with Crippen LogP contribution in [0.2, 0.25) is 0 Å². The van der Waals surface area contributed by atoms with Gasteiger partial charge in [-0.3, -0.25) is 14.4 Å². The topological polar surface area (TPSA) is 78.9 Å². The van der Waals surface area contributed by atoms with Crippen LogP contribution in [-0.2, 0) is 28.6 Å². The maximum Gasteiger partial charge on any atom is 0.306 e. The lowest BCUT2D eigenvalue weighted by Gasteiger charge is -2.18. The third kappa shape index (κ3) is 61.1. The summed E-state index contributed by atoms with van der Waals surface area (Å²) in [5, 5.41) is 0. The third-order valence-electron chi connectivity index (χ3n) is 13.5. The van der Waals surface area contributed by atoms with Gasteiger partial charge in [0.25, 0.3) is 0 Å². The van der Waals surface area contributed by atoms with Crippen LogP contribution in [0.15, 0.2) is 97.2 Å². The van der Waals surface area contributed by atoms with Crippen molar-refractivity contribution >= 4 is 17.9 Å². The maximum atomic E-state index is 12.9. The van der Waals surface area contributed by atoms with Crippen molar-refractivity contribution < 1.29 is 28.6 Å². The van der Waals surface area contributed by atoms with Crippen molar-refractivity contribution in [3.8, 4) is 0 Å². The molecular weight excluding hydrogens is 925 g/mol. The van der Waals surface area contributed by atoms with Crippen molar-refractivity contribution in [1.29, 1.82) is 0 Å². The van der Waals surface area contributed by atoms with Gasteiger partial charge in [0, 0.05) is 19.3 Å². The Hall–Kier alpha value is -3.67. The summed E-state index contributed by atoms with van der Waals surface area (Å²) >= 11 is 0. The molecule has 0 aromatic rings. The van der Waals surface area contributed by atoms with Gasteiger partial charge in [-0.1, -0.05) is 253 Å². The number of allylic oxidation sites excluding steroid dienone is 16. The Balaban J connectivity index is 4.42. The molecule has 0 amide bonds. The number of carbonyl (C=O) groups excluding carboxylic acids is 3. The zero-order chi connectivity index (χ0) is 54.3. The van der Waals surface area contributed by atoms with Crippen molar-refractivity contribution in [2.75, 3.05) is 13.2 Å². The second kappa shape index (κ2) is 62.9. The van der Waals surface area contributed by atoms with Crippen LogP contribution in [0, 0.1) is 0 Å². The molecule has 0 rings (SSSR count). The third-order valence-corrected chi connectivity index (χ3v) is 13.5. The van der Waals surface area contributed by atoms with Gasteiger partial charge in [-0.15, -0.1) is 0 Å². The van der Waals surface area contributed by atoms with Gasteiger partial charge in [0.1, 0.15) is 13.2 Å². The summed E-state index contributed by atoms with van der Waals surface area (Å²) in [5.74, 6) is -0.917. The second-order valence-corrected chi connectivity index (χ2v) is 21.0. The van der Waals surface area contributed by atoms with E-state index in [9.17, 15) is 14.4 Å². The van der Waals surface area contributed by atoms with Gasteiger partial charge < -0.3 is 14.2 Å². The van der Waals surface area contributed by atoms with Crippen LogP contribution in [0.4, 0.5) is 0 Å². The van der Waals surface area contributed by atoms with Crippen LogP contribution >= 0.6 is 0 Å². The molecule has 0 aromatic carbocycles. The highest BCUT2D eigenvalue weighted by Crippen LogP contribution is 2.15. The van der Waals surface area contributed by atoms with E-state index in [4.69, 9.17) is 14.2 Å². The SMILES string of the molecule is CCCCC/C=C\C/C=C\C/C=C\CCCCCCCCC(=O)OC(COC(=O)CCCCCCC/C=C\C/C=C\CCCCC)COC(=O)CCCCCCCCCC/C=C\C/C=C\C/C=C\CCCCCCC. The van der Waals surface area contributed by atoms with Crippen molar-refractivity contribution in [3.63, 3.8) is 0 Å². The van der Waals surface area contributed by atoms with E-state index in [0.717, 1.165) is 128 Å². The minimum Gasteiger partial charge on any atom is -0.462 e. The van der Waals surface area contributed by atoms with Crippen LogP contribution in [0.25, 0.3) is 0 Å². The van der Waals surface area contributed by atoms with Crippen molar-refractivity contribution in [3.05, 3.63) is 97.2 Å². The summed E-state index contributed by atoms with van der Waals surface area (Å²) in [6, 6.07) is 0. The molecule has 0 fully saturated rings. The van der Waals surface area contributed by atoms with Crippen LogP contribution < -0.4 is 0 Å². The monoisotopic (exact) mass is 1040 g/mol. The minimum absolute atomic E-state index is 0.0916. The summed E-state index contributed by atoms with van der Waals surface area (Å²) in [7, 11) is 0. The molecule has 0 radical (unpaired) electrons. The normalized spacial score (nSPS) is 12.7. The first-order valence-corrected chi connectivity index (χ1v) is 31.7. The Morgan fingerprint density at radius 2 is 0.480 bits per heavy atom. The van der Waals surface area contributed by atoms with E-state index in [1.54, 1.807) is 0 Å². The molecule has 0 saturated heterocycles. The molecule has 0 aliphatic rings. The predicted octanol–water partition coefficient (Wildman–Crippen LogP) is 21.7. The summed E-state index contributed by atoms with van der Waals surface area (Å²) < 4.78 is 16.9. The highest BCUT2D eigenvalue weighted by atomic mass is 16.6. The Bertz CT molecular complexity index is 1480. The molecule has 0 spiro atoms. The molecule has 0 bridgehead atoms. The summed E-state index contributed by atoms with van der Waals surface area (Å²) in [6.07, 6.45) is 84.0. The van der Waals surface area contributed by atoms with E-state index >= 15 is 0 Å². The highest BCUT2D eigenvalue weighted by Gasteiger charge is 2.19. The number of carbonyl (C=O) groups is 3. The van der Waals surface area contributed by atoms with E-state index in [-0.39, 0.29) is 31.1 Å². The van der Waals surface area contributed by atoms with Gasteiger partial charge in [0.15, 0.2) is 6.10 Å². The highest BCUT2D eigenvalue weighted by molar-refractivity contribution is 5.71. The van der Waals surface area contributed by atoms with E-state index in [1.807, 2.05) is 0 Å². The fraction of sp³-hybridized carbons (Fsp3) is 0.725. The molecule has 6 heteroatoms. The van der Waals surface area contributed by atoms with Gasteiger partial charge in [0.05, 0.1) is 0 Å². The van der Waals surface area contributed by atoms with E-state index in [2.05, 4.69) is 118 Å². The van der Waals surface area contributed by atoms with Gasteiger partial charge in [0.2, 0.25) is 0 Å². The zero-order valence-corrected chi connectivity index (χ0v) is 49.3. The molecule has 0 aliphatic carbocycles. The van der Waals surface area contributed by atoms with E-state index < -0.39 is 6.10 Å². The molecule has 430 valence electrons. The van der Waals surface area contributed by atoms with Gasteiger partial charge >= 0.3 is 17.9 Å². The van der Waals surface area contributed by atoms with E-state index in [0.29, 0.717) is 19.3 Å². The lowest BCUT2D eigenvalue weighted by molar-refractivity contribution is -0.167. The molecule has 0 aromatic heterocycles. The molecule has 75 heavy (non-hydrogen) atoms. The Morgan fingerprint density at radius 1 is 0.267 bits per heavy atom. The number of esters is 3. The molecular formula is C69H118O6. The van der Waals surface area contributed by atoms with Crippen molar-refractivity contribution in [2.24, 2.45) is 0 Å². The number of hydrogen-bond acceptors (Lipinski definition) is 6. The molecule has 0 heterocycles. The van der Waals surface area contributed by atoms with Gasteiger partial charge in [-0.25, -0.2) is 0 Å². The number of rotatable bonds is 57. The molecule has 0 saturated carbocycles. The first kappa shape index (κ1) is 71.3. The lowest BCUT2D eigenvalue weighted by atomic mass is 10.1. The fourth-order valence-electron chi connectivity index (χ4n) is 8.72. The molecule has 6 nitrogen and oxygen atoms in total. The summed E-state index contributed by atoms with van der Waals surface area (Å²) in [5.41, 5.74) is 0. The molecule has 0 N–H and O–H groups in total. The molecule has 1 unspecified atom stereocenters. The number of hydrogen-bond donors (Lipinski definition) is 0. The quantitative estimate of drug-likeness (QED) is 0.0261. The first-order valence-electron chi connectivity index (χ1n) is 31.7.